The van der Waals surface area contributed by atoms with E-state index in [-0.39, 0.29) is 32.2 Å². The quantitative estimate of drug-likeness (QED) is 0.189. The fourth-order valence-electron chi connectivity index (χ4n) is 6.96. The number of hydrogen-bond acceptors (Lipinski definition) is 10. The molecule has 52 heavy (non-hydrogen) atoms. The summed E-state index contributed by atoms with van der Waals surface area (Å²) < 4.78 is 50.2. The van der Waals surface area contributed by atoms with Gasteiger partial charge in [0.15, 0.2) is 5.78 Å². The van der Waals surface area contributed by atoms with E-state index in [4.69, 9.17) is 18.4 Å². The molecular weight excluding hydrogens is 689 g/mol. The Kier molecular flexibility index (Phi) is 10.6. The molecule has 2 saturated carbocycles. The van der Waals surface area contributed by atoms with Gasteiger partial charge in [0.05, 0.1) is 43.1 Å². The van der Waals surface area contributed by atoms with Gasteiger partial charge in [0.1, 0.15) is 23.2 Å². The van der Waals surface area contributed by atoms with Crippen LogP contribution in [-0.2, 0) is 38.4 Å². The highest BCUT2D eigenvalue weighted by Crippen LogP contribution is 2.57. The van der Waals surface area contributed by atoms with Crippen molar-refractivity contribution in [3.05, 3.63) is 49.1 Å². The molecule has 0 bridgehead atoms. The van der Waals surface area contributed by atoms with E-state index >= 15 is 0 Å². The number of carbonyl (C=O) groups is 4. The van der Waals surface area contributed by atoms with Crippen LogP contribution in [0.5, 0.6) is 11.5 Å². The summed E-state index contributed by atoms with van der Waals surface area (Å²) in [7, 11) is -2.84. The van der Waals surface area contributed by atoms with Crippen LogP contribution in [0.2, 0.25) is 0 Å². The summed E-state index contributed by atoms with van der Waals surface area (Å²) in [5.41, 5.74) is -3.67. The number of ether oxygens (including phenoxy) is 3. The molecule has 0 spiro atoms. The predicted molar refractivity (Wildman–Crippen MR) is 195 cm³/mol. The topological polar surface area (TPSA) is 155 Å². The predicted octanol–water partition coefficient (Wildman–Crippen LogP) is 5.67. The fourth-order valence-corrected chi connectivity index (χ4v) is 8.13. The lowest BCUT2D eigenvalue weighted by Crippen LogP contribution is -2.49. The van der Waals surface area contributed by atoms with Crippen LogP contribution in [0, 0.1) is 22.7 Å². The second-order valence-corrected chi connectivity index (χ2v) is 18.1. The van der Waals surface area contributed by atoms with Crippen LogP contribution < -0.4 is 14.2 Å². The number of ketones is 1. The Morgan fingerprint density at radius 1 is 1.08 bits per heavy atom. The molecule has 1 saturated heterocycles. The Balaban J connectivity index is 1.43. The number of fused-ring (bicyclic) bond motifs is 1. The van der Waals surface area contributed by atoms with Crippen LogP contribution in [0.4, 0.5) is 0 Å². The minimum atomic E-state index is -4.43. The molecule has 13 heteroatoms. The minimum absolute atomic E-state index is 0.0492. The third-order valence-corrected chi connectivity index (χ3v) is 11.3. The van der Waals surface area contributed by atoms with E-state index in [0.29, 0.717) is 24.3 Å². The van der Waals surface area contributed by atoms with Crippen molar-refractivity contribution in [1.29, 1.82) is 0 Å². The molecular formula is C39H52N2O10S. The zero-order chi connectivity index (χ0) is 38.4. The highest BCUT2D eigenvalue weighted by Gasteiger charge is 2.61. The number of carbonyl (C=O) groups excluding carboxylic acids is 4. The number of nitrogens with one attached hydrogen (secondary N) is 1. The zero-order valence-corrected chi connectivity index (χ0v) is 32.3. The lowest BCUT2D eigenvalue weighted by Gasteiger charge is -2.35. The van der Waals surface area contributed by atoms with Gasteiger partial charge in [-0.3, -0.25) is 19.2 Å². The molecule has 5 atom stereocenters. The monoisotopic (exact) mass is 740 g/mol. The van der Waals surface area contributed by atoms with Crippen LogP contribution in [0.1, 0.15) is 87.0 Å². The molecule has 2 aromatic rings. The van der Waals surface area contributed by atoms with Crippen LogP contribution >= 0.6 is 0 Å². The molecule has 12 nitrogen and oxygen atoms in total. The number of hydrogen-bond donors (Lipinski definition) is 1. The number of esters is 1. The van der Waals surface area contributed by atoms with E-state index in [1.165, 1.54) is 11.0 Å². The molecule has 3 fully saturated rings. The number of nitrogens with zero attached hydrogens (tertiary/aromatic N) is 1. The SMILES string of the molecule is C=C[C@@H]1C[C@]1(CC(=O)[C@@H]1C[C@@H](Oc2cccc3cc(OC)ccc23)CN1C(=O)[C@@H](CC(=O)OC(C)(C)C)C(C)(C)C)C(=O)NS(=O)(=O)OC1(C)CC1. The number of Topliss-reactive ketones (excluding diaryl/α,β-unsaturated/α-hetero) is 1. The Bertz CT molecular complexity index is 1860. The van der Waals surface area contributed by atoms with Crippen molar-refractivity contribution in [2.24, 2.45) is 22.7 Å². The molecule has 0 aromatic heterocycles. The first-order valence-electron chi connectivity index (χ1n) is 17.8. The molecule has 0 unspecified atom stereocenters. The highest BCUT2D eigenvalue weighted by atomic mass is 32.2. The third-order valence-electron chi connectivity index (χ3n) is 10.2. The van der Waals surface area contributed by atoms with Gasteiger partial charge in [0, 0.05) is 18.2 Å². The molecule has 0 radical (unpaired) electrons. The normalized spacial score (nSPS) is 24.5. The first-order valence-corrected chi connectivity index (χ1v) is 19.2. The summed E-state index contributed by atoms with van der Waals surface area (Å²) in [5.74, 6) is -2.26. The molecule has 1 N–H and O–H groups in total. The Morgan fingerprint density at radius 3 is 2.35 bits per heavy atom. The summed E-state index contributed by atoms with van der Waals surface area (Å²) in [6, 6.07) is 10.2. The van der Waals surface area contributed by atoms with Crippen LogP contribution in [0.25, 0.3) is 10.8 Å². The summed E-state index contributed by atoms with van der Waals surface area (Å²) in [5, 5.41) is 1.70. The molecule has 2 amide bonds. The maximum atomic E-state index is 14.6. The van der Waals surface area contributed by atoms with Crippen LogP contribution in [-0.4, -0.2) is 73.9 Å². The summed E-state index contributed by atoms with van der Waals surface area (Å²) >= 11 is 0. The van der Waals surface area contributed by atoms with Gasteiger partial charge in [-0.1, -0.05) is 39.0 Å². The number of methoxy groups -OCH3 is 1. The summed E-state index contributed by atoms with van der Waals surface area (Å²) in [6.07, 6.45) is 1.83. The number of rotatable bonds is 14. The van der Waals surface area contributed by atoms with Crippen molar-refractivity contribution in [2.45, 2.75) is 110 Å². The average molecular weight is 741 g/mol. The maximum absolute atomic E-state index is 14.6. The van der Waals surface area contributed by atoms with Crippen molar-refractivity contribution in [3.63, 3.8) is 0 Å². The maximum Gasteiger partial charge on any atom is 0.362 e. The van der Waals surface area contributed by atoms with E-state index in [1.807, 2.05) is 61.9 Å². The van der Waals surface area contributed by atoms with Crippen molar-refractivity contribution >= 4 is 44.6 Å². The number of likely N-dealkylation sites (tertiary alicyclic amines) is 1. The van der Waals surface area contributed by atoms with E-state index in [1.54, 1.807) is 34.8 Å². The average Bonchev–Trinajstić information content (AvgIpc) is 3.90. The number of allylic oxidation sites excluding steroid dienone is 1. The minimum Gasteiger partial charge on any atom is -0.497 e. The van der Waals surface area contributed by atoms with Crippen molar-refractivity contribution in [1.82, 2.24) is 9.62 Å². The van der Waals surface area contributed by atoms with Crippen LogP contribution in [0.15, 0.2) is 49.1 Å². The second kappa shape index (κ2) is 14.1. The van der Waals surface area contributed by atoms with Crippen molar-refractivity contribution in [2.75, 3.05) is 13.7 Å². The fraction of sp³-hybridized carbons (Fsp3) is 0.590. The Labute approximate surface area is 306 Å². The smallest absolute Gasteiger partial charge is 0.362 e. The molecule has 3 aliphatic rings. The molecule has 284 valence electrons. The number of amides is 2. The van der Waals surface area contributed by atoms with Gasteiger partial charge in [-0.2, -0.15) is 8.42 Å². The highest BCUT2D eigenvalue weighted by molar-refractivity contribution is 7.85. The molecule has 1 aliphatic heterocycles. The van der Waals surface area contributed by atoms with E-state index < -0.39 is 79.9 Å². The Morgan fingerprint density at radius 2 is 1.77 bits per heavy atom. The summed E-state index contributed by atoms with van der Waals surface area (Å²) in [4.78, 5) is 57.1. The van der Waals surface area contributed by atoms with Gasteiger partial charge in [-0.05, 0) is 87.9 Å². The van der Waals surface area contributed by atoms with E-state index in [2.05, 4.69) is 6.58 Å². The van der Waals surface area contributed by atoms with Gasteiger partial charge in [-0.15, -0.1) is 6.58 Å². The largest absolute Gasteiger partial charge is 0.497 e. The lowest BCUT2D eigenvalue weighted by molar-refractivity contribution is -0.161. The first-order chi connectivity index (χ1) is 24.1. The van der Waals surface area contributed by atoms with Crippen LogP contribution in [0.3, 0.4) is 0 Å². The van der Waals surface area contributed by atoms with Gasteiger partial charge < -0.3 is 19.1 Å². The first kappa shape index (κ1) is 39.2. The van der Waals surface area contributed by atoms with Gasteiger partial charge >= 0.3 is 16.3 Å². The molecule has 2 aliphatic carbocycles. The van der Waals surface area contributed by atoms with Gasteiger partial charge in [-0.25, -0.2) is 8.91 Å². The van der Waals surface area contributed by atoms with E-state index in [0.717, 1.165) is 10.8 Å². The molecule has 1 heterocycles. The third kappa shape index (κ3) is 8.97. The molecule has 5 rings (SSSR count). The van der Waals surface area contributed by atoms with Gasteiger partial charge in [0.2, 0.25) is 11.8 Å². The zero-order valence-electron chi connectivity index (χ0n) is 31.4. The van der Waals surface area contributed by atoms with Crippen molar-refractivity contribution < 1.29 is 46.0 Å². The molecule has 2 aromatic carbocycles. The second-order valence-electron chi connectivity index (χ2n) is 16.8. The van der Waals surface area contributed by atoms with Crippen molar-refractivity contribution in [3.8, 4) is 11.5 Å². The standard InChI is InChI=1S/C39H52N2O10S/c1-10-25-21-39(25,35(45)40-52(46,47)51-38(8)16-17-38)22-31(42)30-19-27(49-32-13-11-12-24-18-26(48-9)14-15-28(24)32)23-41(30)34(44)29(36(2,3)4)20-33(43)50-37(5,6)7/h10-15,18,25,27,29-30H,1,16-17,19-23H2,2-9H3,(H,40,45)/t25-,27-,29-,30+,39-/m1/s1. The van der Waals surface area contributed by atoms with Gasteiger partial charge in [0.25, 0.3) is 0 Å². The van der Waals surface area contributed by atoms with E-state index in [9.17, 15) is 27.6 Å². The summed E-state index contributed by atoms with van der Waals surface area (Å²) in [6.45, 7) is 16.3. The Hall–Kier alpha value is -3.97. The lowest BCUT2D eigenvalue weighted by atomic mass is 9.77. The number of benzene rings is 2.